The molecular weight excluding hydrogens is 701 g/mol. The molecule has 0 aliphatic rings. The molecule has 0 aliphatic carbocycles. The molecule has 3 aromatic heterocycles. The molecule has 3 heterocycles. The molecule has 11 aromatic rings. The second-order valence-electron chi connectivity index (χ2n) is 14.0. The Bertz CT molecular complexity index is 3180. The highest BCUT2D eigenvalue weighted by molar-refractivity contribution is 7.26. The lowest BCUT2D eigenvalue weighted by Gasteiger charge is -2.11. The molecule has 0 unspecified atom stereocenters. The number of rotatable bonds is 6. The highest BCUT2D eigenvalue weighted by Crippen LogP contribution is 2.42. The van der Waals surface area contributed by atoms with Gasteiger partial charge in [0.1, 0.15) is 0 Å². The van der Waals surface area contributed by atoms with Crippen LogP contribution in [0.15, 0.2) is 194 Å². The van der Waals surface area contributed by atoms with Crippen molar-refractivity contribution in [3.8, 4) is 62.1 Å². The lowest BCUT2D eigenvalue weighted by atomic mass is 9.96. The fraction of sp³-hybridized carbons (Fsp3) is 0. The number of aromatic nitrogens is 4. The topological polar surface area (TPSA) is 43.6 Å². The molecule has 11 rings (SSSR count). The van der Waals surface area contributed by atoms with E-state index >= 15 is 0 Å². The molecule has 4 nitrogen and oxygen atoms in total. The van der Waals surface area contributed by atoms with Crippen molar-refractivity contribution in [3.63, 3.8) is 0 Å². The van der Waals surface area contributed by atoms with E-state index in [1.807, 2.05) is 41.7 Å². The van der Waals surface area contributed by atoms with Crippen molar-refractivity contribution >= 4 is 53.3 Å². The van der Waals surface area contributed by atoms with Gasteiger partial charge in [0.05, 0.1) is 11.0 Å². The molecule has 0 atom stereocenters. The van der Waals surface area contributed by atoms with Crippen molar-refractivity contribution in [2.24, 2.45) is 0 Å². The summed E-state index contributed by atoms with van der Waals surface area (Å²) in [5.41, 5.74) is 11.2. The molecule has 56 heavy (non-hydrogen) atoms. The SMILES string of the molecule is c1ccc(-c2nc(-c3ccc(-c4cccc(-c5ccc6c(c5)sc5cccc(-c7ccccc7)c56)c4)cc3)nc(-n3c4ccccc4c4ccccc43)n2)cc1. The van der Waals surface area contributed by atoms with E-state index in [0.717, 1.165) is 33.3 Å². The largest absolute Gasteiger partial charge is 0.278 e. The van der Waals surface area contributed by atoms with Gasteiger partial charge in [-0.15, -0.1) is 11.3 Å². The van der Waals surface area contributed by atoms with Crippen molar-refractivity contribution in [2.75, 3.05) is 0 Å². The van der Waals surface area contributed by atoms with Crippen molar-refractivity contribution < 1.29 is 0 Å². The van der Waals surface area contributed by atoms with E-state index in [1.54, 1.807) is 0 Å². The van der Waals surface area contributed by atoms with Crippen LogP contribution in [0.2, 0.25) is 0 Å². The Hall–Kier alpha value is -7.21. The number of benzene rings is 8. The summed E-state index contributed by atoms with van der Waals surface area (Å²) in [5, 5.41) is 4.96. The van der Waals surface area contributed by atoms with E-state index in [0.29, 0.717) is 17.6 Å². The zero-order chi connectivity index (χ0) is 37.0. The molecule has 0 aliphatic heterocycles. The maximum atomic E-state index is 5.13. The van der Waals surface area contributed by atoms with Gasteiger partial charge in [0.15, 0.2) is 11.6 Å². The van der Waals surface area contributed by atoms with Crippen LogP contribution >= 0.6 is 11.3 Å². The monoisotopic (exact) mass is 732 g/mol. The first-order valence-electron chi connectivity index (χ1n) is 18.8. The van der Waals surface area contributed by atoms with E-state index in [2.05, 4.69) is 168 Å². The summed E-state index contributed by atoms with van der Waals surface area (Å²) < 4.78 is 4.76. The average Bonchev–Trinajstić information content (AvgIpc) is 3.83. The molecule has 0 N–H and O–H groups in total. The maximum absolute atomic E-state index is 5.13. The molecule has 0 radical (unpaired) electrons. The Kier molecular flexibility index (Phi) is 7.64. The molecule has 262 valence electrons. The van der Waals surface area contributed by atoms with Gasteiger partial charge >= 0.3 is 0 Å². The van der Waals surface area contributed by atoms with Gasteiger partial charge in [0, 0.05) is 42.1 Å². The van der Waals surface area contributed by atoms with Crippen molar-refractivity contribution in [3.05, 3.63) is 194 Å². The highest BCUT2D eigenvalue weighted by atomic mass is 32.1. The Balaban J connectivity index is 0.966. The molecule has 0 saturated carbocycles. The van der Waals surface area contributed by atoms with Crippen LogP contribution in [-0.2, 0) is 0 Å². The van der Waals surface area contributed by atoms with Gasteiger partial charge in [-0.05, 0) is 63.7 Å². The Morgan fingerprint density at radius 2 is 0.857 bits per heavy atom. The molecule has 0 bridgehead atoms. The fourth-order valence-electron chi connectivity index (χ4n) is 8.00. The number of hydrogen-bond donors (Lipinski definition) is 0. The van der Waals surface area contributed by atoms with Gasteiger partial charge in [-0.1, -0.05) is 164 Å². The maximum Gasteiger partial charge on any atom is 0.238 e. The first-order chi connectivity index (χ1) is 27.7. The van der Waals surface area contributed by atoms with Crippen LogP contribution in [0.1, 0.15) is 0 Å². The van der Waals surface area contributed by atoms with E-state index in [1.165, 1.54) is 53.2 Å². The Labute approximate surface area is 327 Å². The number of thiophene rings is 1. The predicted octanol–water partition coefficient (Wildman–Crippen LogP) is 13.7. The molecule has 0 spiro atoms. The second-order valence-corrected chi connectivity index (χ2v) is 15.1. The summed E-state index contributed by atoms with van der Waals surface area (Å²) in [6.45, 7) is 0. The van der Waals surface area contributed by atoms with Crippen LogP contribution in [-0.4, -0.2) is 19.5 Å². The van der Waals surface area contributed by atoms with Crippen molar-refractivity contribution in [2.45, 2.75) is 0 Å². The van der Waals surface area contributed by atoms with E-state index in [9.17, 15) is 0 Å². The minimum absolute atomic E-state index is 0.593. The number of fused-ring (bicyclic) bond motifs is 6. The summed E-state index contributed by atoms with van der Waals surface area (Å²) in [5.74, 6) is 1.86. The molecule has 8 aromatic carbocycles. The fourth-order valence-corrected chi connectivity index (χ4v) is 9.17. The van der Waals surface area contributed by atoms with Crippen LogP contribution in [0, 0.1) is 0 Å². The summed E-state index contributed by atoms with van der Waals surface area (Å²) in [6.07, 6.45) is 0. The predicted molar refractivity (Wildman–Crippen MR) is 234 cm³/mol. The third-order valence-electron chi connectivity index (χ3n) is 10.7. The minimum Gasteiger partial charge on any atom is -0.278 e. The van der Waals surface area contributed by atoms with Gasteiger partial charge in [-0.25, -0.2) is 4.98 Å². The molecular formula is C51H32N4S. The van der Waals surface area contributed by atoms with Crippen LogP contribution in [0.4, 0.5) is 0 Å². The number of para-hydroxylation sites is 2. The van der Waals surface area contributed by atoms with Crippen LogP contribution in [0.3, 0.4) is 0 Å². The van der Waals surface area contributed by atoms with Gasteiger partial charge in [-0.3, -0.25) is 4.57 Å². The smallest absolute Gasteiger partial charge is 0.238 e. The van der Waals surface area contributed by atoms with Crippen molar-refractivity contribution in [1.82, 2.24) is 19.5 Å². The summed E-state index contributed by atoms with van der Waals surface area (Å²) >= 11 is 1.86. The number of hydrogen-bond acceptors (Lipinski definition) is 4. The summed E-state index contributed by atoms with van der Waals surface area (Å²) in [7, 11) is 0. The standard InChI is InChI=1S/C51H32N4S/c1-3-13-34(14-4-1)40-21-12-24-46-48(40)43-30-29-39(32-47(43)56-46)38-18-11-17-37(31-38)33-25-27-36(28-26-33)50-52-49(35-15-5-2-6-16-35)53-51(54-50)55-44-22-9-7-19-41(44)42-20-8-10-23-45(42)55/h1-32H. The van der Waals surface area contributed by atoms with E-state index in [-0.39, 0.29) is 0 Å². The highest BCUT2D eigenvalue weighted by Gasteiger charge is 2.18. The lowest BCUT2D eigenvalue weighted by Crippen LogP contribution is -2.06. The molecule has 5 heteroatoms. The zero-order valence-electron chi connectivity index (χ0n) is 30.2. The molecule has 0 amide bonds. The van der Waals surface area contributed by atoms with Gasteiger partial charge in [-0.2, -0.15) is 9.97 Å². The third-order valence-corrected chi connectivity index (χ3v) is 11.8. The Morgan fingerprint density at radius 3 is 1.55 bits per heavy atom. The van der Waals surface area contributed by atoms with Gasteiger partial charge < -0.3 is 0 Å². The van der Waals surface area contributed by atoms with E-state index in [4.69, 9.17) is 15.0 Å². The van der Waals surface area contributed by atoms with Gasteiger partial charge in [0.25, 0.3) is 0 Å². The Morgan fingerprint density at radius 1 is 0.339 bits per heavy atom. The normalized spacial score (nSPS) is 11.6. The third kappa shape index (κ3) is 5.48. The van der Waals surface area contributed by atoms with Crippen LogP contribution < -0.4 is 0 Å². The zero-order valence-corrected chi connectivity index (χ0v) is 31.0. The second kappa shape index (κ2) is 13.3. The van der Waals surface area contributed by atoms with E-state index < -0.39 is 0 Å². The molecule has 0 fully saturated rings. The first kappa shape index (κ1) is 32.2. The van der Waals surface area contributed by atoms with Crippen molar-refractivity contribution in [1.29, 1.82) is 0 Å². The molecule has 0 saturated heterocycles. The average molecular weight is 733 g/mol. The minimum atomic E-state index is 0.593. The lowest BCUT2D eigenvalue weighted by molar-refractivity contribution is 0.953. The quantitative estimate of drug-likeness (QED) is 0.171. The van der Waals surface area contributed by atoms with Crippen LogP contribution in [0.5, 0.6) is 0 Å². The summed E-state index contributed by atoms with van der Waals surface area (Å²) in [6, 6.07) is 68.6. The summed E-state index contributed by atoms with van der Waals surface area (Å²) in [4.78, 5) is 15.2. The van der Waals surface area contributed by atoms with Crippen LogP contribution in [0.25, 0.3) is 104 Å². The first-order valence-corrected chi connectivity index (χ1v) is 19.6. The van der Waals surface area contributed by atoms with Gasteiger partial charge in [0.2, 0.25) is 5.95 Å². The number of nitrogens with zero attached hydrogens (tertiary/aromatic N) is 4.